The third kappa shape index (κ3) is 2.90. The van der Waals surface area contributed by atoms with Crippen LogP contribution in [0.25, 0.3) is 11.1 Å². The summed E-state index contributed by atoms with van der Waals surface area (Å²) >= 11 is 5.97. The van der Waals surface area contributed by atoms with E-state index >= 15 is 0 Å². The minimum absolute atomic E-state index is 0.684. The number of fused-ring (bicyclic) bond motifs is 1. The highest BCUT2D eigenvalue weighted by atomic mass is 35.5. The fraction of sp³-hybridized carbons (Fsp3) is 0.500. The van der Waals surface area contributed by atoms with E-state index in [0.717, 1.165) is 56.8 Å². The van der Waals surface area contributed by atoms with Crippen molar-refractivity contribution in [1.29, 1.82) is 0 Å². The summed E-state index contributed by atoms with van der Waals surface area (Å²) in [4.78, 5) is 9.14. The second-order valence-corrected chi connectivity index (χ2v) is 5.52. The molecule has 1 fully saturated rings. The first-order valence-electron chi connectivity index (χ1n) is 7.00. The number of halogens is 1. The van der Waals surface area contributed by atoms with Gasteiger partial charge in [-0.15, -0.1) is 0 Å². The Hall–Kier alpha value is -1.30. The molecule has 20 heavy (non-hydrogen) atoms. The highest BCUT2D eigenvalue weighted by Gasteiger charge is 2.20. The van der Waals surface area contributed by atoms with Gasteiger partial charge in [-0.2, -0.15) is 4.98 Å². The van der Waals surface area contributed by atoms with Gasteiger partial charge >= 0.3 is 0 Å². The minimum atomic E-state index is 0.684. The molecule has 3 rings (SSSR count). The fourth-order valence-corrected chi connectivity index (χ4v) is 2.67. The number of piperazine rings is 1. The van der Waals surface area contributed by atoms with Crippen LogP contribution in [-0.2, 0) is 0 Å². The van der Waals surface area contributed by atoms with Crippen molar-refractivity contribution in [1.82, 2.24) is 9.88 Å². The molecule has 108 valence electrons. The first-order chi connectivity index (χ1) is 9.76. The Morgan fingerprint density at radius 1 is 1.25 bits per heavy atom. The smallest absolute Gasteiger partial charge is 0.298 e. The molecule has 2 heterocycles. The standard InChI is InChI=1S/C14H19ClN4O/c15-11-2-3-13-12(10-11)17-14(20-13)19-8-6-18(7-9-19)5-1-4-16/h2-3,10H,1,4-9,16H2. The highest BCUT2D eigenvalue weighted by molar-refractivity contribution is 6.31. The Bertz CT molecular complexity index is 578. The average molecular weight is 295 g/mol. The Labute approximate surface area is 123 Å². The van der Waals surface area contributed by atoms with Gasteiger partial charge in [0.25, 0.3) is 6.01 Å². The van der Waals surface area contributed by atoms with Crippen molar-refractivity contribution in [3.05, 3.63) is 23.2 Å². The predicted molar refractivity (Wildman–Crippen MR) is 81.3 cm³/mol. The number of hydrogen-bond acceptors (Lipinski definition) is 5. The number of nitrogens with zero attached hydrogens (tertiary/aromatic N) is 3. The third-order valence-corrected chi connectivity index (χ3v) is 3.89. The van der Waals surface area contributed by atoms with Gasteiger partial charge in [0.15, 0.2) is 5.58 Å². The van der Waals surface area contributed by atoms with E-state index in [4.69, 9.17) is 21.8 Å². The van der Waals surface area contributed by atoms with Crippen LogP contribution in [0.2, 0.25) is 5.02 Å². The van der Waals surface area contributed by atoms with Crippen LogP contribution in [0.1, 0.15) is 6.42 Å². The Morgan fingerprint density at radius 2 is 2.05 bits per heavy atom. The average Bonchev–Trinajstić information content (AvgIpc) is 2.88. The van der Waals surface area contributed by atoms with Gasteiger partial charge < -0.3 is 15.1 Å². The van der Waals surface area contributed by atoms with Gasteiger partial charge in [0.1, 0.15) is 5.52 Å². The van der Waals surface area contributed by atoms with Crippen molar-refractivity contribution in [2.24, 2.45) is 5.73 Å². The van der Waals surface area contributed by atoms with Crippen LogP contribution in [-0.4, -0.2) is 49.2 Å². The molecular weight excluding hydrogens is 276 g/mol. The molecule has 2 N–H and O–H groups in total. The minimum Gasteiger partial charge on any atom is -0.423 e. The largest absolute Gasteiger partial charge is 0.423 e. The summed E-state index contributed by atoms with van der Waals surface area (Å²) in [6.45, 7) is 5.76. The summed E-state index contributed by atoms with van der Waals surface area (Å²) < 4.78 is 5.80. The molecule has 6 heteroatoms. The number of rotatable bonds is 4. The molecular formula is C14H19ClN4O. The fourth-order valence-electron chi connectivity index (χ4n) is 2.50. The van der Waals surface area contributed by atoms with E-state index in [1.54, 1.807) is 0 Å². The second-order valence-electron chi connectivity index (χ2n) is 5.08. The maximum absolute atomic E-state index is 5.97. The predicted octanol–water partition coefficient (Wildman–Crippen LogP) is 1.95. The Kier molecular flexibility index (Phi) is 4.10. The van der Waals surface area contributed by atoms with E-state index in [2.05, 4.69) is 14.8 Å². The summed E-state index contributed by atoms with van der Waals surface area (Å²) in [5.41, 5.74) is 7.15. The van der Waals surface area contributed by atoms with Crippen LogP contribution in [0.5, 0.6) is 0 Å². The van der Waals surface area contributed by atoms with Gasteiger partial charge in [-0.1, -0.05) is 11.6 Å². The molecule has 0 saturated carbocycles. The van der Waals surface area contributed by atoms with Gasteiger partial charge in [-0.05, 0) is 37.7 Å². The van der Waals surface area contributed by atoms with Gasteiger partial charge in [0.05, 0.1) is 0 Å². The van der Waals surface area contributed by atoms with E-state index in [9.17, 15) is 0 Å². The molecule has 0 aliphatic carbocycles. The van der Waals surface area contributed by atoms with E-state index in [0.29, 0.717) is 11.0 Å². The van der Waals surface area contributed by atoms with Gasteiger partial charge in [-0.3, -0.25) is 4.90 Å². The number of benzene rings is 1. The molecule has 1 aromatic carbocycles. The van der Waals surface area contributed by atoms with Crippen LogP contribution < -0.4 is 10.6 Å². The molecule has 1 aliphatic heterocycles. The van der Waals surface area contributed by atoms with E-state index < -0.39 is 0 Å². The number of oxazole rings is 1. The molecule has 1 saturated heterocycles. The van der Waals surface area contributed by atoms with Gasteiger partial charge in [0.2, 0.25) is 0 Å². The second kappa shape index (κ2) is 5.99. The summed E-state index contributed by atoms with van der Waals surface area (Å²) in [5, 5.41) is 0.684. The van der Waals surface area contributed by atoms with E-state index in [-0.39, 0.29) is 0 Å². The maximum Gasteiger partial charge on any atom is 0.298 e. The molecule has 5 nitrogen and oxygen atoms in total. The summed E-state index contributed by atoms with van der Waals surface area (Å²) in [7, 11) is 0. The Morgan fingerprint density at radius 3 is 2.80 bits per heavy atom. The normalized spacial score (nSPS) is 17.0. The third-order valence-electron chi connectivity index (χ3n) is 3.66. The lowest BCUT2D eigenvalue weighted by molar-refractivity contribution is 0.252. The molecule has 1 aliphatic rings. The maximum atomic E-state index is 5.97. The number of hydrogen-bond donors (Lipinski definition) is 1. The molecule has 2 aromatic rings. The summed E-state index contributed by atoms with van der Waals surface area (Å²) in [5.74, 6) is 0. The lowest BCUT2D eigenvalue weighted by atomic mass is 10.3. The van der Waals surface area contributed by atoms with Crippen molar-refractivity contribution >= 4 is 28.7 Å². The lowest BCUT2D eigenvalue weighted by Gasteiger charge is -2.33. The molecule has 0 spiro atoms. The molecule has 0 unspecified atom stereocenters. The Balaban J connectivity index is 1.67. The monoisotopic (exact) mass is 294 g/mol. The van der Waals surface area contributed by atoms with Crippen LogP contribution >= 0.6 is 11.6 Å². The van der Waals surface area contributed by atoms with Crippen molar-refractivity contribution in [2.45, 2.75) is 6.42 Å². The van der Waals surface area contributed by atoms with Crippen LogP contribution in [0.3, 0.4) is 0 Å². The van der Waals surface area contributed by atoms with Gasteiger partial charge in [-0.25, -0.2) is 0 Å². The van der Waals surface area contributed by atoms with Crippen molar-refractivity contribution in [3.8, 4) is 0 Å². The number of nitrogens with two attached hydrogens (primary N) is 1. The zero-order valence-corrected chi connectivity index (χ0v) is 12.1. The van der Waals surface area contributed by atoms with Crippen LogP contribution in [0, 0.1) is 0 Å². The number of anilines is 1. The highest BCUT2D eigenvalue weighted by Crippen LogP contribution is 2.25. The molecule has 1 aromatic heterocycles. The topological polar surface area (TPSA) is 58.5 Å². The zero-order chi connectivity index (χ0) is 13.9. The first kappa shape index (κ1) is 13.7. The summed E-state index contributed by atoms with van der Waals surface area (Å²) in [6.07, 6.45) is 1.06. The number of aromatic nitrogens is 1. The van der Waals surface area contributed by atoms with Crippen molar-refractivity contribution < 1.29 is 4.42 Å². The SMILES string of the molecule is NCCCN1CCN(c2nc3cc(Cl)ccc3o2)CC1. The van der Waals surface area contributed by atoms with E-state index in [1.807, 2.05) is 18.2 Å². The van der Waals surface area contributed by atoms with Crippen LogP contribution in [0.4, 0.5) is 6.01 Å². The van der Waals surface area contributed by atoms with Crippen molar-refractivity contribution in [2.75, 3.05) is 44.2 Å². The van der Waals surface area contributed by atoms with E-state index in [1.165, 1.54) is 0 Å². The summed E-state index contributed by atoms with van der Waals surface area (Å²) in [6, 6.07) is 6.22. The lowest BCUT2D eigenvalue weighted by Crippen LogP contribution is -2.47. The molecule has 0 bridgehead atoms. The zero-order valence-electron chi connectivity index (χ0n) is 11.4. The van der Waals surface area contributed by atoms with Crippen LogP contribution in [0.15, 0.2) is 22.6 Å². The first-order valence-corrected chi connectivity index (χ1v) is 7.37. The van der Waals surface area contributed by atoms with Crippen molar-refractivity contribution in [3.63, 3.8) is 0 Å². The molecule has 0 radical (unpaired) electrons. The molecule has 0 atom stereocenters. The quantitative estimate of drug-likeness (QED) is 0.934. The molecule has 0 amide bonds. The van der Waals surface area contributed by atoms with Gasteiger partial charge in [0, 0.05) is 31.2 Å².